The number of likely N-dealkylation sites (tertiary alicyclic amines) is 1. The van der Waals surface area contributed by atoms with Gasteiger partial charge in [-0.2, -0.15) is 17.9 Å². The molecule has 5 rings (SSSR count). The van der Waals surface area contributed by atoms with Gasteiger partial charge in [0.1, 0.15) is 0 Å². The van der Waals surface area contributed by atoms with Crippen molar-refractivity contribution in [2.45, 2.75) is 44.4 Å². The number of carbonyl (C=O) groups excluding carboxylic acids is 1. The summed E-state index contributed by atoms with van der Waals surface area (Å²) in [6.45, 7) is 2.88. The van der Waals surface area contributed by atoms with E-state index in [2.05, 4.69) is 9.82 Å². The highest BCUT2D eigenvalue weighted by Gasteiger charge is 2.44. The quantitative estimate of drug-likeness (QED) is 0.586. The van der Waals surface area contributed by atoms with Crippen LogP contribution in [0.2, 0.25) is 0 Å². The second-order valence-corrected chi connectivity index (χ2v) is 12.5. The number of alkyl halides is 3. The first-order chi connectivity index (χ1) is 17.9. The lowest BCUT2D eigenvalue weighted by Gasteiger charge is -2.28. The van der Waals surface area contributed by atoms with Crippen LogP contribution in [0, 0.1) is 11.8 Å². The molecule has 3 atom stereocenters. The van der Waals surface area contributed by atoms with E-state index in [1.165, 1.54) is 18.3 Å². The third-order valence-corrected chi connectivity index (χ3v) is 8.56. The van der Waals surface area contributed by atoms with Gasteiger partial charge in [0.15, 0.2) is 5.82 Å². The molecule has 3 heterocycles. The Balaban J connectivity index is 1.20. The van der Waals surface area contributed by atoms with E-state index in [9.17, 15) is 26.4 Å². The van der Waals surface area contributed by atoms with Crippen molar-refractivity contribution in [2.24, 2.45) is 11.8 Å². The van der Waals surface area contributed by atoms with Crippen LogP contribution in [0.3, 0.4) is 0 Å². The SMILES string of the molecule is CN(Cc1ccc(N2CCCC2)cc1C(F)(F)F)C1C[C@@H]2CN(C(=O)n3ccc(NS(C)(=O)=O)n3)C[C@@H]2C1. The van der Waals surface area contributed by atoms with Gasteiger partial charge in [0.2, 0.25) is 10.0 Å². The summed E-state index contributed by atoms with van der Waals surface area (Å²) >= 11 is 0. The predicted molar refractivity (Wildman–Crippen MR) is 137 cm³/mol. The maximum atomic E-state index is 14.0. The summed E-state index contributed by atoms with van der Waals surface area (Å²) in [5, 5.41) is 4.02. The summed E-state index contributed by atoms with van der Waals surface area (Å²) in [5.74, 6) is 0.596. The Kier molecular flexibility index (Phi) is 7.10. The molecule has 0 spiro atoms. The van der Waals surface area contributed by atoms with E-state index in [-0.39, 0.29) is 41.8 Å². The number of fused-ring (bicyclic) bond motifs is 1. The molecule has 0 radical (unpaired) electrons. The highest BCUT2D eigenvalue weighted by atomic mass is 32.2. The summed E-state index contributed by atoms with van der Waals surface area (Å²) in [6.07, 6.45) is 1.63. The fourth-order valence-electron chi connectivity index (χ4n) is 6.14. The molecule has 3 aliphatic rings. The molecule has 1 N–H and O–H groups in total. The molecule has 1 aromatic heterocycles. The molecule has 13 heteroatoms. The summed E-state index contributed by atoms with van der Waals surface area (Å²) < 4.78 is 68.0. The molecule has 1 aliphatic carbocycles. The van der Waals surface area contributed by atoms with Crippen LogP contribution in [0.4, 0.5) is 29.5 Å². The lowest BCUT2D eigenvalue weighted by molar-refractivity contribution is -0.138. The number of sulfonamides is 1. The first-order valence-corrected chi connectivity index (χ1v) is 14.7. The number of anilines is 2. The highest BCUT2D eigenvalue weighted by molar-refractivity contribution is 7.92. The number of nitrogens with zero attached hydrogens (tertiary/aromatic N) is 5. The maximum absolute atomic E-state index is 14.0. The van der Waals surface area contributed by atoms with Crippen molar-refractivity contribution in [3.8, 4) is 0 Å². The molecule has 1 unspecified atom stereocenters. The first-order valence-electron chi connectivity index (χ1n) is 12.9. The van der Waals surface area contributed by atoms with E-state index in [1.807, 2.05) is 22.9 Å². The van der Waals surface area contributed by atoms with Crippen LogP contribution in [0.15, 0.2) is 30.5 Å². The average molecular weight is 555 g/mol. The van der Waals surface area contributed by atoms with Crippen molar-refractivity contribution in [2.75, 3.05) is 49.1 Å². The zero-order valence-corrected chi connectivity index (χ0v) is 22.3. The van der Waals surface area contributed by atoms with Crippen molar-refractivity contribution in [3.05, 3.63) is 41.6 Å². The van der Waals surface area contributed by atoms with Gasteiger partial charge in [-0.1, -0.05) is 6.07 Å². The van der Waals surface area contributed by atoms with E-state index < -0.39 is 21.8 Å². The molecular weight excluding hydrogens is 521 g/mol. The number of amides is 1. The topological polar surface area (TPSA) is 90.8 Å². The molecule has 38 heavy (non-hydrogen) atoms. The third-order valence-electron chi connectivity index (χ3n) is 7.98. The Morgan fingerprint density at radius 3 is 2.39 bits per heavy atom. The van der Waals surface area contributed by atoms with Gasteiger partial charge >= 0.3 is 12.2 Å². The van der Waals surface area contributed by atoms with E-state index >= 15 is 0 Å². The lowest BCUT2D eigenvalue weighted by Crippen LogP contribution is -2.36. The van der Waals surface area contributed by atoms with Crippen LogP contribution in [0.5, 0.6) is 0 Å². The number of hydrogen-bond acceptors (Lipinski definition) is 6. The van der Waals surface area contributed by atoms with Crippen molar-refractivity contribution < 1.29 is 26.4 Å². The second kappa shape index (κ2) is 10.1. The third kappa shape index (κ3) is 5.78. The van der Waals surface area contributed by atoms with Gasteiger partial charge < -0.3 is 9.80 Å². The van der Waals surface area contributed by atoms with Crippen LogP contribution in [-0.2, 0) is 22.7 Å². The van der Waals surface area contributed by atoms with Crippen molar-refractivity contribution in [1.82, 2.24) is 19.6 Å². The van der Waals surface area contributed by atoms with Crippen LogP contribution >= 0.6 is 0 Å². The summed E-state index contributed by atoms with van der Waals surface area (Å²) in [6, 6.07) is 5.97. The van der Waals surface area contributed by atoms with Crippen LogP contribution < -0.4 is 9.62 Å². The Morgan fingerprint density at radius 2 is 1.79 bits per heavy atom. The molecule has 1 aromatic carbocycles. The predicted octanol–water partition coefficient (Wildman–Crippen LogP) is 3.68. The zero-order valence-electron chi connectivity index (χ0n) is 21.5. The van der Waals surface area contributed by atoms with Crippen LogP contribution in [0.1, 0.15) is 36.8 Å². The van der Waals surface area contributed by atoms with Gasteiger partial charge in [0.25, 0.3) is 0 Å². The zero-order chi connectivity index (χ0) is 27.2. The normalized spacial score (nSPS) is 23.9. The molecular formula is C25H33F3N6O3S. The summed E-state index contributed by atoms with van der Waals surface area (Å²) in [5.41, 5.74) is 0.361. The Bertz CT molecular complexity index is 1280. The summed E-state index contributed by atoms with van der Waals surface area (Å²) in [4.78, 5) is 18.6. The first kappa shape index (κ1) is 26.8. The molecule has 2 saturated heterocycles. The number of nitrogens with one attached hydrogen (secondary N) is 1. The van der Waals surface area contributed by atoms with Gasteiger partial charge in [0.05, 0.1) is 11.8 Å². The monoisotopic (exact) mass is 554 g/mol. The molecule has 3 fully saturated rings. The fourth-order valence-corrected chi connectivity index (χ4v) is 6.63. The summed E-state index contributed by atoms with van der Waals surface area (Å²) in [7, 11) is -1.62. The van der Waals surface area contributed by atoms with Crippen LogP contribution in [0.25, 0.3) is 0 Å². The molecule has 2 aliphatic heterocycles. The minimum Gasteiger partial charge on any atom is -0.372 e. The molecule has 0 bridgehead atoms. The molecule has 2 aromatic rings. The molecule has 1 amide bonds. The second-order valence-electron chi connectivity index (χ2n) is 10.8. The molecule has 9 nitrogen and oxygen atoms in total. The Morgan fingerprint density at radius 1 is 1.13 bits per heavy atom. The number of carbonyl (C=O) groups is 1. The number of aromatic nitrogens is 2. The Hall–Kier alpha value is -2.80. The van der Waals surface area contributed by atoms with Gasteiger partial charge in [-0.25, -0.2) is 13.2 Å². The minimum atomic E-state index is -4.41. The van der Waals surface area contributed by atoms with Crippen molar-refractivity contribution >= 4 is 27.6 Å². The maximum Gasteiger partial charge on any atom is 0.416 e. The van der Waals surface area contributed by atoms with Gasteiger partial charge in [-0.3, -0.25) is 9.62 Å². The van der Waals surface area contributed by atoms with E-state index in [4.69, 9.17) is 0 Å². The van der Waals surface area contributed by atoms with Gasteiger partial charge in [-0.05, 0) is 62.3 Å². The van der Waals surface area contributed by atoms with E-state index in [1.54, 1.807) is 11.0 Å². The van der Waals surface area contributed by atoms with Crippen molar-refractivity contribution in [1.29, 1.82) is 0 Å². The standard InChI is InChI=1S/C25H33F3N6O3S/c1-31(14-17-5-6-20(32-8-3-4-9-32)13-22(17)25(26,27)28)21-11-18-15-33(16-19(18)12-21)24(35)34-10-7-23(29-34)30-38(2,36)37/h5-7,10,13,18-19,21H,3-4,8-9,11-12,14-16H2,1-2H3,(H,29,30)/t18-,19+,21?. The average Bonchev–Trinajstić information content (AvgIpc) is 3.60. The highest BCUT2D eigenvalue weighted by Crippen LogP contribution is 2.41. The smallest absolute Gasteiger partial charge is 0.372 e. The number of hydrogen-bond donors (Lipinski definition) is 1. The number of halogens is 3. The minimum absolute atomic E-state index is 0.0774. The van der Waals surface area contributed by atoms with E-state index in [0.717, 1.165) is 49.7 Å². The number of rotatable bonds is 6. The van der Waals surface area contributed by atoms with Gasteiger partial charge in [0, 0.05) is 56.7 Å². The lowest BCUT2D eigenvalue weighted by atomic mass is 10.0. The molecule has 1 saturated carbocycles. The van der Waals surface area contributed by atoms with E-state index in [0.29, 0.717) is 18.8 Å². The number of benzene rings is 1. The van der Waals surface area contributed by atoms with Crippen LogP contribution in [-0.4, -0.2) is 79.6 Å². The Labute approximate surface area is 220 Å². The fraction of sp³-hybridized carbons (Fsp3) is 0.600. The van der Waals surface area contributed by atoms with Gasteiger partial charge in [-0.15, -0.1) is 5.10 Å². The molecule has 208 valence electrons. The van der Waals surface area contributed by atoms with Crippen molar-refractivity contribution in [3.63, 3.8) is 0 Å². The largest absolute Gasteiger partial charge is 0.416 e.